The first-order valence-electron chi connectivity index (χ1n) is 2.77. The van der Waals surface area contributed by atoms with E-state index in [0.29, 0.717) is 6.07 Å². The summed E-state index contributed by atoms with van der Waals surface area (Å²) in [6, 6.07) is 0.617. The third-order valence-electron chi connectivity index (χ3n) is 1.01. The number of alkyl halides is 3. The maximum absolute atomic E-state index is 11.9. The van der Waals surface area contributed by atoms with Gasteiger partial charge in [0.15, 0.2) is 5.69 Å². The Bertz CT molecular complexity index is 278. The lowest BCUT2D eigenvalue weighted by Crippen LogP contribution is -2.09. The number of halogens is 4. The van der Waals surface area contributed by atoms with Gasteiger partial charge in [0.1, 0.15) is 5.82 Å². The molecule has 0 saturated carbocycles. The van der Waals surface area contributed by atoms with E-state index in [1.54, 1.807) is 0 Å². The van der Waals surface area contributed by atoms with Gasteiger partial charge in [-0.15, -0.1) is 0 Å². The Labute approximate surface area is 70.4 Å². The highest BCUT2D eigenvalue weighted by molar-refractivity contribution is 6.28. The monoisotopic (exact) mass is 197 g/mol. The topological polar surface area (TPSA) is 51.8 Å². The van der Waals surface area contributed by atoms with Crippen molar-refractivity contribution >= 4 is 17.4 Å². The zero-order chi connectivity index (χ0) is 9.35. The highest BCUT2D eigenvalue weighted by Gasteiger charge is 2.33. The fourth-order valence-corrected chi connectivity index (χ4v) is 0.769. The molecule has 0 aliphatic carbocycles. The van der Waals surface area contributed by atoms with E-state index in [-0.39, 0.29) is 5.82 Å². The van der Waals surface area contributed by atoms with Gasteiger partial charge < -0.3 is 5.73 Å². The van der Waals surface area contributed by atoms with Crippen LogP contribution < -0.4 is 5.73 Å². The summed E-state index contributed by atoms with van der Waals surface area (Å²) in [5.41, 5.74) is 3.88. The number of hydrogen-bond acceptors (Lipinski definition) is 3. The molecule has 1 aromatic heterocycles. The van der Waals surface area contributed by atoms with Gasteiger partial charge >= 0.3 is 6.18 Å². The Morgan fingerprint density at radius 3 is 2.33 bits per heavy atom. The Balaban J connectivity index is 3.18. The van der Waals surface area contributed by atoms with Gasteiger partial charge in [0, 0.05) is 6.07 Å². The number of anilines is 1. The molecule has 7 heteroatoms. The fourth-order valence-electron chi connectivity index (χ4n) is 0.581. The number of rotatable bonds is 0. The summed E-state index contributed by atoms with van der Waals surface area (Å²) in [7, 11) is 0. The first-order valence-corrected chi connectivity index (χ1v) is 3.14. The molecule has 1 aromatic rings. The largest absolute Gasteiger partial charge is 0.433 e. The smallest absolute Gasteiger partial charge is 0.384 e. The van der Waals surface area contributed by atoms with E-state index in [4.69, 9.17) is 17.3 Å². The second-order valence-corrected chi connectivity index (χ2v) is 2.28. The van der Waals surface area contributed by atoms with Gasteiger partial charge in [-0.25, -0.2) is 9.97 Å². The van der Waals surface area contributed by atoms with E-state index >= 15 is 0 Å². The molecule has 3 nitrogen and oxygen atoms in total. The molecule has 0 bridgehead atoms. The van der Waals surface area contributed by atoms with Crippen molar-refractivity contribution in [2.24, 2.45) is 0 Å². The molecule has 0 saturated heterocycles. The summed E-state index contributed by atoms with van der Waals surface area (Å²) in [4.78, 5) is 6.23. The average Bonchev–Trinajstić information content (AvgIpc) is 1.82. The van der Waals surface area contributed by atoms with Crippen LogP contribution in [0.3, 0.4) is 0 Å². The van der Waals surface area contributed by atoms with Gasteiger partial charge in [0.25, 0.3) is 0 Å². The highest BCUT2D eigenvalue weighted by Crippen LogP contribution is 2.28. The van der Waals surface area contributed by atoms with Crippen LogP contribution in [0.4, 0.5) is 19.0 Å². The highest BCUT2D eigenvalue weighted by atomic mass is 35.5. The SMILES string of the molecule is Nc1cc(C(F)(F)F)nc(Cl)n1. The van der Waals surface area contributed by atoms with Crippen molar-refractivity contribution in [2.45, 2.75) is 6.18 Å². The van der Waals surface area contributed by atoms with Crippen molar-refractivity contribution < 1.29 is 13.2 Å². The number of nitrogen functional groups attached to an aromatic ring is 1. The van der Waals surface area contributed by atoms with Crippen molar-refractivity contribution in [1.82, 2.24) is 9.97 Å². The third kappa shape index (κ3) is 1.97. The molecular weight excluding hydrogens is 195 g/mol. The van der Waals surface area contributed by atoms with Crippen LogP contribution in [0.25, 0.3) is 0 Å². The Hall–Kier alpha value is -1.04. The molecule has 0 fully saturated rings. The van der Waals surface area contributed by atoms with Gasteiger partial charge in [-0.2, -0.15) is 13.2 Å². The Kier molecular flexibility index (Phi) is 2.10. The van der Waals surface area contributed by atoms with Crippen LogP contribution in [0, 0.1) is 0 Å². The number of aromatic nitrogens is 2. The van der Waals surface area contributed by atoms with E-state index in [1.165, 1.54) is 0 Å². The van der Waals surface area contributed by atoms with Gasteiger partial charge in [-0.1, -0.05) is 0 Å². The number of hydrogen-bond donors (Lipinski definition) is 1. The Morgan fingerprint density at radius 2 is 1.92 bits per heavy atom. The van der Waals surface area contributed by atoms with Crippen LogP contribution in [-0.2, 0) is 6.18 Å². The molecule has 0 aromatic carbocycles. The Morgan fingerprint density at radius 1 is 1.33 bits per heavy atom. The average molecular weight is 198 g/mol. The summed E-state index contributed by atoms with van der Waals surface area (Å²) < 4.78 is 35.8. The normalized spacial score (nSPS) is 11.7. The molecule has 0 unspecified atom stereocenters. The van der Waals surface area contributed by atoms with Crippen LogP contribution in [0.15, 0.2) is 6.07 Å². The second kappa shape index (κ2) is 2.78. The zero-order valence-corrected chi connectivity index (χ0v) is 6.32. The van der Waals surface area contributed by atoms with Crippen LogP contribution in [0.2, 0.25) is 5.28 Å². The molecule has 12 heavy (non-hydrogen) atoms. The molecule has 0 spiro atoms. The van der Waals surface area contributed by atoms with Gasteiger partial charge in [-0.05, 0) is 11.6 Å². The van der Waals surface area contributed by atoms with Crippen molar-refractivity contribution in [3.63, 3.8) is 0 Å². The van der Waals surface area contributed by atoms with E-state index in [9.17, 15) is 13.2 Å². The molecule has 0 amide bonds. The van der Waals surface area contributed by atoms with Crippen molar-refractivity contribution in [1.29, 1.82) is 0 Å². The van der Waals surface area contributed by atoms with Crippen molar-refractivity contribution in [3.05, 3.63) is 17.0 Å². The lowest BCUT2D eigenvalue weighted by atomic mass is 10.4. The molecule has 0 aliphatic heterocycles. The maximum Gasteiger partial charge on any atom is 0.433 e. The maximum atomic E-state index is 11.9. The standard InChI is InChI=1S/C5H3ClF3N3/c6-4-11-2(5(7,8)9)1-3(10)12-4/h1H,(H2,10,11,12). The molecule has 66 valence electrons. The molecular formula is C5H3ClF3N3. The minimum atomic E-state index is -4.54. The molecule has 0 aliphatic rings. The predicted molar refractivity (Wildman–Crippen MR) is 36.5 cm³/mol. The molecule has 2 N–H and O–H groups in total. The van der Waals surface area contributed by atoms with Crippen LogP contribution in [0.1, 0.15) is 5.69 Å². The van der Waals surface area contributed by atoms with E-state index in [0.717, 1.165) is 0 Å². The van der Waals surface area contributed by atoms with Gasteiger partial charge in [0.2, 0.25) is 5.28 Å². The minimum absolute atomic E-state index is 0.303. The van der Waals surface area contributed by atoms with E-state index in [1.807, 2.05) is 0 Å². The lowest BCUT2D eigenvalue weighted by Gasteiger charge is -2.05. The van der Waals surface area contributed by atoms with Gasteiger partial charge in [0.05, 0.1) is 0 Å². The summed E-state index contributed by atoms with van der Waals surface area (Å²) in [5.74, 6) is -0.303. The van der Waals surface area contributed by atoms with Crippen LogP contribution in [-0.4, -0.2) is 9.97 Å². The summed E-state index contributed by atoms with van der Waals surface area (Å²) in [5, 5.41) is -0.512. The first kappa shape index (κ1) is 9.05. The first-order chi connectivity index (χ1) is 5.39. The lowest BCUT2D eigenvalue weighted by molar-refractivity contribution is -0.141. The summed E-state index contributed by atoms with van der Waals surface area (Å²) in [6.45, 7) is 0. The zero-order valence-electron chi connectivity index (χ0n) is 5.56. The van der Waals surface area contributed by atoms with E-state index < -0.39 is 17.2 Å². The van der Waals surface area contributed by atoms with Crippen LogP contribution >= 0.6 is 11.6 Å². The molecule has 1 rings (SSSR count). The molecule has 0 radical (unpaired) electrons. The quantitative estimate of drug-likeness (QED) is 0.645. The number of nitrogens with zero attached hydrogens (tertiary/aromatic N) is 2. The summed E-state index contributed by atoms with van der Waals surface area (Å²) >= 11 is 5.15. The van der Waals surface area contributed by atoms with Crippen molar-refractivity contribution in [2.75, 3.05) is 5.73 Å². The second-order valence-electron chi connectivity index (χ2n) is 1.94. The predicted octanol–water partition coefficient (Wildman–Crippen LogP) is 1.73. The third-order valence-corrected chi connectivity index (χ3v) is 1.18. The van der Waals surface area contributed by atoms with Crippen molar-refractivity contribution in [3.8, 4) is 0 Å². The molecule has 0 atom stereocenters. The van der Waals surface area contributed by atoms with Gasteiger partial charge in [-0.3, -0.25) is 0 Å². The summed E-state index contributed by atoms with van der Waals surface area (Å²) in [6.07, 6.45) is -4.54. The molecule has 1 heterocycles. The van der Waals surface area contributed by atoms with E-state index in [2.05, 4.69) is 9.97 Å². The van der Waals surface area contributed by atoms with Crippen LogP contribution in [0.5, 0.6) is 0 Å². The minimum Gasteiger partial charge on any atom is -0.384 e. The number of nitrogens with two attached hydrogens (primary N) is 1. The fraction of sp³-hybridized carbons (Fsp3) is 0.200.